The van der Waals surface area contributed by atoms with E-state index in [1.807, 2.05) is 30.3 Å². The van der Waals surface area contributed by atoms with Crippen molar-refractivity contribution in [3.63, 3.8) is 0 Å². The van der Waals surface area contributed by atoms with Crippen LogP contribution in [0.2, 0.25) is 0 Å². The summed E-state index contributed by atoms with van der Waals surface area (Å²) in [4.78, 5) is 39.3. The maximum absolute atomic E-state index is 12.3. The topological polar surface area (TPSA) is 95.7 Å². The van der Waals surface area contributed by atoms with Gasteiger partial charge in [-0.2, -0.15) is 0 Å². The van der Waals surface area contributed by atoms with Gasteiger partial charge >= 0.3 is 11.8 Å². The van der Waals surface area contributed by atoms with Gasteiger partial charge in [0.25, 0.3) is 0 Å². The third-order valence-corrected chi connectivity index (χ3v) is 4.31. The van der Waals surface area contributed by atoms with Crippen molar-refractivity contribution >= 4 is 29.1 Å². The molecule has 0 aliphatic carbocycles. The molecule has 7 nitrogen and oxygen atoms in total. The first-order chi connectivity index (χ1) is 12.5. The average Bonchev–Trinajstić information content (AvgIpc) is 2.68. The number of benzene rings is 2. The maximum atomic E-state index is 12.3. The molecule has 3 rings (SSSR count). The molecule has 0 saturated carbocycles. The molecule has 1 aliphatic heterocycles. The number of para-hydroxylation sites is 1. The lowest BCUT2D eigenvalue weighted by atomic mass is 10.2. The molecule has 2 aromatic carbocycles. The number of hydrogen-bond donors (Lipinski definition) is 2. The zero-order valence-electron chi connectivity index (χ0n) is 14.2. The molecule has 7 heteroatoms. The number of nitrogens with zero attached hydrogens (tertiary/aromatic N) is 2. The molecule has 0 radical (unpaired) electrons. The van der Waals surface area contributed by atoms with E-state index in [0.29, 0.717) is 37.4 Å². The number of primary amides is 1. The number of nitrogens with one attached hydrogen (secondary N) is 1. The predicted octanol–water partition coefficient (Wildman–Crippen LogP) is 1.07. The fourth-order valence-electron chi connectivity index (χ4n) is 2.85. The summed E-state index contributed by atoms with van der Waals surface area (Å²) < 4.78 is 0. The Morgan fingerprint density at radius 3 is 2.04 bits per heavy atom. The first-order valence-corrected chi connectivity index (χ1v) is 8.35. The van der Waals surface area contributed by atoms with Gasteiger partial charge in [0.05, 0.1) is 0 Å². The Hall–Kier alpha value is -3.35. The van der Waals surface area contributed by atoms with E-state index in [1.54, 1.807) is 17.0 Å². The van der Waals surface area contributed by atoms with Gasteiger partial charge in [0.2, 0.25) is 5.91 Å². The van der Waals surface area contributed by atoms with E-state index < -0.39 is 17.7 Å². The second-order valence-electron chi connectivity index (χ2n) is 6.01. The highest BCUT2D eigenvalue weighted by Gasteiger charge is 2.26. The minimum absolute atomic E-state index is 0.339. The number of rotatable bonds is 3. The van der Waals surface area contributed by atoms with Crippen molar-refractivity contribution in [1.82, 2.24) is 4.90 Å². The molecule has 0 bridgehead atoms. The normalized spacial score (nSPS) is 14.0. The number of nitrogens with two attached hydrogens (primary N) is 1. The van der Waals surface area contributed by atoms with Crippen LogP contribution in [0, 0.1) is 0 Å². The number of carbonyl (C=O) groups is 3. The standard InChI is InChI=1S/C19H20N4O3/c20-17(24)14-6-8-15(9-7-14)21-18(25)19(26)23-12-10-22(11-13-23)16-4-2-1-3-5-16/h1-9H,10-13H2,(H2,20,24)(H,21,25). The van der Waals surface area contributed by atoms with Gasteiger partial charge in [0.15, 0.2) is 0 Å². The molecule has 0 spiro atoms. The monoisotopic (exact) mass is 352 g/mol. The van der Waals surface area contributed by atoms with Crippen LogP contribution in [-0.4, -0.2) is 48.8 Å². The smallest absolute Gasteiger partial charge is 0.313 e. The Morgan fingerprint density at radius 2 is 1.46 bits per heavy atom. The van der Waals surface area contributed by atoms with Crippen molar-refractivity contribution in [1.29, 1.82) is 0 Å². The molecule has 1 saturated heterocycles. The van der Waals surface area contributed by atoms with Crippen LogP contribution in [0.3, 0.4) is 0 Å². The van der Waals surface area contributed by atoms with Crippen LogP contribution in [-0.2, 0) is 9.59 Å². The van der Waals surface area contributed by atoms with E-state index in [-0.39, 0.29) is 0 Å². The summed E-state index contributed by atoms with van der Waals surface area (Å²) in [5, 5.41) is 2.55. The van der Waals surface area contributed by atoms with Crippen molar-refractivity contribution in [2.75, 3.05) is 36.4 Å². The van der Waals surface area contributed by atoms with Crippen molar-refractivity contribution in [3.05, 3.63) is 60.2 Å². The Labute approximate surface area is 151 Å². The largest absolute Gasteiger partial charge is 0.368 e. The second kappa shape index (κ2) is 7.69. The Balaban J connectivity index is 1.54. The molecule has 0 unspecified atom stereocenters. The van der Waals surface area contributed by atoms with E-state index in [1.165, 1.54) is 12.1 Å². The lowest BCUT2D eigenvalue weighted by Gasteiger charge is -2.35. The number of amides is 3. The first kappa shape index (κ1) is 17.5. The molecule has 3 amide bonds. The highest BCUT2D eigenvalue weighted by atomic mass is 16.2. The van der Waals surface area contributed by atoms with Crippen LogP contribution in [0.4, 0.5) is 11.4 Å². The minimum Gasteiger partial charge on any atom is -0.368 e. The summed E-state index contributed by atoms with van der Waals surface area (Å²) in [5.41, 5.74) is 7.06. The van der Waals surface area contributed by atoms with Gasteiger partial charge < -0.3 is 20.9 Å². The summed E-state index contributed by atoms with van der Waals surface area (Å²) in [6, 6.07) is 16.1. The van der Waals surface area contributed by atoms with Crippen LogP contribution in [0.25, 0.3) is 0 Å². The molecule has 134 valence electrons. The van der Waals surface area contributed by atoms with Gasteiger partial charge in [-0.3, -0.25) is 14.4 Å². The fourth-order valence-corrected chi connectivity index (χ4v) is 2.85. The van der Waals surface area contributed by atoms with Crippen molar-refractivity contribution < 1.29 is 14.4 Å². The van der Waals surface area contributed by atoms with Gasteiger partial charge in [-0.1, -0.05) is 18.2 Å². The number of piperazine rings is 1. The summed E-state index contributed by atoms with van der Waals surface area (Å²) in [6.07, 6.45) is 0. The third-order valence-electron chi connectivity index (χ3n) is 4.31. The number of anilines is 2. The summed E-state index contributed by atoms with van der Waals surface area (Å²) in [5.74, 6) is -1.79. The number of hydrogen-bond acceptors (Lipinski definition) is 4. The van der Waals surface area contributed by atoms with E-state index in [9.17, 15) is 14.4 Å². The zero-order chi connectivity index (χ0) is 18.5. The zero-order valence-corrected chi connectivity index (χ0v) is 14.2. The highest BCUT2D eigenvalue weighted by Crippen LogP contribution is 2.16. The molecule has 0 atom stereocenters. The maximum Gasteiger partial charge on any atom is 0.313 e. The van der Waals surface area contributed by atoms with Crippen LogP contribution < -0.4 is 16.0 Å². The molecule has 26 heavy (non-hydrogen) atoms. The predicted molar refractivity (Wildman–Crippen MR) is 98.8 cm³/mol. The summed E-state index contributed by atoms with van der Waals surface area (Å²) in [7, 11) is 0. The van der Waals surface area contributed by atoms with E-state index in [0.717, 1.165) is 5.69 Å². The van der Waals surface area contributed by atoms with Crippen molar-refractivity contribution in [2.45, 2.75) is 0 Å². The minimum atomic E-state index is -0.690. The Morgan fingerprint density at radius 1 is 0.846 bits per heavy atom. The van der Waals surface area contributed by atoms with Gasteiger partial charge in [0.1, 0.15) is 0 Å². The van der Waals surface area contributed by atoms with Gasteiger partial charge in [-0.05, 0) is 36.4 Å². The van der Waals surface area contributed by atoms with Crippen LogP contribution in [0.5, 0.6) is 0 Å². The first-order valence-electron chi connectivity index (χ1n) is 8.35. The van der Waals surface area contributed by atoms with E-state index in [4.69, 9.17) is 5.73 Å². The van der Waals surface area contributed by atoms with Crippen molar-refractivity contribution in [2.24, 2.45) is 5.73 Å². The average molecular weight is 352 g/mol. The molecule has 2 aromatic rings. The molecule has 1 heterocycles. The molecular formula is C19H20N4O3. The lowest BCUT2D eigenvalue weighted by Crippen LogP contribution is -2.51. The van der Waals surface area contributed by atoms with Crippen LogP contribution >= 0.6 is 0 Å². The van der Waals surface area contributed by atoms with E-state index >= 15 is 0 Å². The molecular weight excluding hydrogens is 332 g/mol. The fraction of sp³-hybridized carbons (Fsp3) is 0.211. The van der Waals surface area contributed by atoms with Gasteiger partial charge in [0, 0.05) is 43.1 Å². The molecule has 1 fully saturated rings. The molecule has 1 aliphatic rings. The van der Waals surface area contributed by atoms with Crippen LogP contribution in [0.15, 0.2) is 54.6 Å². The lowest BCUT2D eigenvalue weighted by molar-refractivity contribution is -0.143. The Kier molecular flexibility index (Phi) is 5.17. The van der Waals surface area contributed by atoms with Gasteiger partial charge in [-0.25, -0.2) is 0 Å². The highest BCUT2D eigenvalue weighted by molar-refractivity contribution is 6.39. The van der Waals surface area contributed by atoms with Crippen molar-refractivity contribution in [3.8, 4) is 0 Å². The SMILES string of the molecule is NC(=O)c1ccc(NC(=O)C(=O)N2CCN(c3ccccc3)CC2)cc1. The van der Waals surface area contributed by atoms with Crippen LogP contribution in [0.1, 0.15) is 10.4 Å². The number of carbonyl (C=O) groups excluding carboxylic acids is 3. The molecule has 3 N–H and O–H groups in total. The quantitative estimate of drug-likeness (QED) is 0.808. The molecule has 0 aromatic heterocycles. The summed E-state index contributed by atoms with van der Waals surface area (Å²) >= 11 is 0. The van der Waals surface area contributed by atoms with Gasteiger partial charge in [-0.15, -0.1) is 0 Å². The second-order valence-corrected chi connectivity index (χ2v) is 6.01. The summed E-state index contributed by atoms with van der Waals surface area (Å²) in [6.45, 7) is 2.33. The van der Waals surface area contributed by atoms with E-state index in [2.05, 4.69) is 10.2 Å². The Bertz CT molecular complexity index is 797. The third kappa shape index (κ3) is 4.00.